The predicted molar refractivity (Wildman–Crippen MR) is 78.7 cm³/mol. The van der Waals surface area contributed by atoms with Gasteiger partial charge in [-0.3, -0.25) is 4.79 Å². The standard InChI is InChI=1S/C14H17ClN2O.ClH/c15-12-5-3-10(4-6-12)13(9-1-2-9)17-14(18)11-7-16-8-11;/h3-6,9,11,13,16H,1-2,7-8H2,(H,17,18);1H. The van der Waals surface area contributed by atoms with Crippen LogP contribution in [-0.2, 0) is 4.79 Å². The fourth-order valence-electron chi connectivity index (χ4n) is 2.32. The molecular formula is C14H18Cl2N2O. The van der Waals surface area contributed by atoms with E-state index in [1.165, 1.54) is 18.4 Å². The van der Waals surface area contributed by atoms with Crippen molar-refractivity contribution in [1.29, 1.82) is 0 Å². The van der Waals surface area contributed by atoms with Crippen LogP contribution in [0.5, 0.6) is 0 Å². The summed E-state index contributed by atoms with van der Waals surface area (Å²) in [6.07, 6.45) is 2.41. The van der Waals surface area contributed by atoms with Gasteiger partial charge in [0.25, 0.3) is 0 Å². The number of rotatable bonds is 4. The highest BCUT2D eigenvalue weighted by Gasteiger charge is 2.35. The van der Waals surface area contributed by atoms with Crippen molar-refractivity contribution in [2.75, 3.05) is 13.1 Å². The predicted octanol–water partition coefficient (Wildman–Crippen LogP) is 2.55. The van der Waals surface area contributed by atoms with E-state index in [1.807, 2.05) is 24.3 Å². The molecule has 0 spiro atoms. The van der Waals surface area contributed by atoms with Crippen molar-refractivity contribution in [2.45, 2.75) is 18.9 Å². The second kappa shape index (κ2) is 6.12. The average molecular weight is 301 g/mol. The highest BCUT2D eigenvalue weighted by atomic mass is 35.5. The second-order valence-electron chi connectivity index (χ2n) is 5.23. The Labute approximate surface area is 124 Å². The number of carbonyl (C=O) groups is 1. The molecule has 1 saturated heterocycles. The molecule has 0 bridgehead atoms. The molecular weight excluding hydrogens is 283 g/mol. The summed E-state index contributed by atoms with van der Waals surface area (Å²) >= 11 is 5.90. The first kappa shape index (κ1) is 14.6. The monoisotopic (exact) mass is 300 g/mol. The number of carbonyl (C=O) groups excluding carboxylic acids is 1. The minimum Gasteiger partial charge on any atom is -0.349 e. The minimum absolute atomic E-state index is 0. The summed E-state index contributed by atoms with van der Waals surface area (Å²) < 4.78 is 0. The van der Waals surface area contributed by atoms with Gasteiger partial charge in [-0.2, -0.15) is 0 Å². The van der Waals surface area contributed by atoms with Crippen molar-refractivity contribution >= 4 is 29.9 Å². The Morgan fingerprint density at radius 3 is 2.37 bits per heavy atom. The summed E-state index contributed by atoms with van der Waals surface area (Å²) in [7, 11) is 0. The zero-order chi connectivity index (χ0) is 12.5. The van der Waals surface area contributed by atoms with Crippen LogP contribution in [-0.4, -0.2) is 19.0 Å². The zero-order valence-corrected chi connectivity index (χ0v) is 12.1. The van der Waals surface area contributed by atoms with E-state index in [4.69, 9.17) is 11.6 Å². The Balaban J connectivity index is 0.00000133. The van der Waals surface area contributed by atoms with Crippen molar-refractivity contribution < 1.29 is 4.79 Å². The number of halogens is 2. The Morgan fingerprint density at radius 2 is 1.89 bits per heavy atom. The van der Waals surface area contributed by atoms with Gasteiger partial charge in [0, 0.05) is 18.1 Å². The molecule has 1 amide bonds. The molecule has 1 saturated carbocycles. The van der Waals surface area contributed by atoms with Gasteiger partial charge >= 0.3 is 0 Å². The van der Waals surface area contributed by atoms with Crippen molar-refractivity contribution in [1.82, 2.24) is 10.6 Å². The Hall–Kier alpha value is -0.770. The quantitative estimate of drug-likeness (QED) is 0.897. The van der Waals surface area contributed by atoms with Gasteiger partial charge in [-0.05, 0) is 36.5 Å². The number of amides is 1. The van der Waals surface area contributed by atoms with Crippen LogP contribution in [0, 0.1) is 11.8 Å². The number of benzene rings is 1. The van der Waals surface area contributed by atoms with Crippen LogP contribution in [0.15, 0.2) is 24.3 Å². The normalized spacial score (nSPS) is 20.1. The smallest absolute Gasteiger partial charge is 0.226 e. The molecule has 1 aromatic rings. The molecule has 5 heteroatoms. The van der Waals surface area contributed by atoms with E-state index in [2.05, 4.69) is 10.6 Å². The molecule has 3 rings (SSSR count). The lowest BCUT2D eigenvalue weighted by atomic mass is 9.98. The topological polar surface area (TPSA) is 41.1 Å². The maximum absolute atomic E-state index is 12.0. The summed E-state index contributed by atoms with van der Waals surface area (Å²) in [6, 6.07) is 7.98. The molecule has 2 N–H and O–H groups in total. The highest BCUT2D eigenvalue weighted by Crippen LogP contribution is 2.41. The SMILES string of the molecule is Cl.O=C(NC(c1ccc(Cl)cc1)C1CC1)C1CNC1. The molecule has 0 radical (unpaired) electrons. The maximum Gasteiger partial charge on any atom is 0.226 e. The maximum atomic E-state index is 12.0. The molecule has 1 aromatic carbocycles. The van der Waals surface area contributed by atoms with E-state index >= 15 is 0 Å². The fourth-order valence-corrected chi connectivity index (χ4v) is 2.44. The van der Waals surface area contributed by atoms with Gasteiger partial charge in [0.1, 0.15) is 0 Å². The van der Waals surface area contributed by atoms with E-state index in [1.54, 1.807) is 0 Å². The molecule has 104 valence electrons. The number of hydrogen-bond acceptors (Lipinski definition) is 2. The zero-order valence-electron chi connectivity index (χ0n) is 10.6. The fraction of sp³-hybridized carbons (Fsp3) is 0.500. The van der Waals surface area contributed by atoms with Gasteiger partial charge in [0.05, 0.1) is 12.0 Å². The highest BCUT2D eigenvalue weighted by molar-refractivity contribution is 6.30. The average Bonchev–Trinajstić information content (AvgIpc) is 3.08. The number of hydrogen-bond donors (Lipinski definition) is 2. The van der Waals surface area contributed by atoms with Crippen molar-refractivity contribution in [3.63, 3.8) is 0 Å². The first-order chi connectivity index (χ1) is 8.74. The van der Waals surface area contributed by atoms with Crippen LogP contribution in [0.2, 0.25) is 5.02 Å². The van der Waals surface area contributed by atoms with Crippen LogP contribution in [0.1, 0.15) is 24.4 Å². The molecule has 3 nitrogen and oxygen atoms in total. The largest absolute Gasteiger partial charge is 0.349 e. The van der Waals surface area contributed by atoms with Crippen LogP contribution < -0.4 is 10.6 Å². The van der Waals surface area contributed by atoms with Crippen LogP contribution in [0.4, 0.5) is 0 Å². The van der Waals surface area contributed by atoms with E-state index in [0.717, 1.165) is 18.1 Å². The van der Waals surface area contributed by atoms with Gasteiger partial charge in [0.15, 0.2) is 0 Å². The Kier molecular flexibility index (Phi) is 4.71. The number of nitrogens with one attached hydrogen (secondary N) is 2. The van der Waals surface area contributed by atoms with E-state index in [0.29, 0.717) is 5.92 Å². The molecule has 19 heavy (non-hydrogen) atoms. The van der Waals surface area contributed by atoms with Gasteiger partial charge in [-0.25, -0.2) is 0 Å². The van der Waals surface area contributed by atoms with Crippen molar-refractivity contribution in [3.8, 4) is 0 Å². The van der Waals surface area contributed by atoms with Crippen molar-refractivity contribution in [2.24, 2.45) is 11.8 Å². The van der Waals surface area contributed by atoms with E-state index in [-0.39, 0.29) is 30.3 Å². The van der Waals surface area contributed by atoms with E-state index < -0.39 is 0 Å². The molecule has 1 heterocycles. The van der Waals surface area contributed by atoms with Gasteiger partial charge in [-0.15, -0.1) is 12.4 Å². The Morgan fingerprint density at radius 1 is 1.26 bits per heavy atom. The summed E-state index contributed by atoms with van der Waals surface area (Å²) in [5, 5.41) is 7.06. The Bertz CT molecular complexity index is 441. The van der Waals surface area contributed by atoms with Crippen LogP contribution in [0.3, 0.4) is 0 Å². The molecule has 1 unspecified atom stereocenters. The first-order valence-corrected chi connectivity index (χ1v) is 6.88. The van der Waals surface area contributed by atoms with Crippen LogP contribution in [0.25, 0.3) is 0 Å². The van der Waals surface area contributed by atoms with E-state index in [9.17, 15) is 4.79 Å². The van der Waals surface area contributed by atoms with Gasteiger partial charge in [0.2, 0.25) is 5.91 Å². The molecule has 1 aliphatic carbocycles. The summed E-state index contributed by atoms with van der Waals surface area (Å²) in [4.78, 5) is 12.0. The molecule has 2 fully saturated rings. The third kappa shape index (κ3) is 3.41. The third-order valence-corrected chi connectivity index (χ3v) is 4.02. The lowest BCUT2D eigenvalue weighted by molar-refractivity contribution is -0.127. The van der Waals surface area contributed by atoms with Gasteiger partial charge < -0.3 is 10.6 Å². The minimum atomic E-state index is 0. The second-order valence-corrected chi connectivity index (χ2v) is 5.67. The third-order valence-electron chi connectivity index (χ3n) is 3.77. The molecule has 1 atom stereocenters. The van der Waals surface area contributed by atoms with Crippen LogP contribution >= 0.6 is 24.0 Å². The molecule has 0 aromatic heterocycles. The van der Waals surface area contributed by atoms with Gasteiger partial charge in [-0.1, -0.05) is 23.7 Å². The summed E-state index contributed by atoms with van der Waals surface area (Å²) in [5.74, 6) is 0.933. The first-order valence-electron chi connectivity index (χ1n) is 6.50. The lowest BCUT2D eigenvalue weighted by Gasteiger charge is -2.28. The summed E-state index contributed by atoms with van der Waals surface area (Å²) in [6.45, 7) is 1.62. The lowest BCUT2D eigenvalue weighted by Crippen LogP contribution is -2.51. The summed E-state index contributed by atoms with van der Waals surface area (Å²) in [5.41, 5.74) is 1.17. The van der Waals surface area contributed by atoms with Crippen molar-refractivity contribution in [3.05, 3.63) is 34.9 Å². The molecule has 1 aliphatic heterocycles. The molecule has 2 aliphatic rings.